The van der Waals surface area contributed by atoms with Crippen molar-refractivity contribution < 1.29 is 19.4 Å². The van der Waals surface area contributed by atoms with Gasteiger partial charge in [-0.05, 0) is 48.2 Å². The number of fused-ring (bicyclic) bond motifs is 2. The molecule has 0 aliphatic rings. The number of hydrogen-bond acceptors (Lipinski definition) is 7. The highest BCUT2D eigenvalue weighted by Crippen LogP contribution is 2.40. The lowest BCUT2D eigenvalue weighted by Gasteiger charge is -2.11. The monoisotopic (exact) mass is 523 g/mol. The van der Waals surface area contributed by atoms with Crippen molar-refractivity contribution in [3.8, 4) is 5.75 Å². The Balaban J connectivity index is 1.50. The number of phenolic OH excluding ortho intramolecular Hbond substituents is 1. The molecule has 0 fully saturated rings. The third kappa shape index (κ3) is 5.40. The van der Waals surface area contributed by atoms with Gasteiger partial charge in [-0.15, -0.1) is 10.2 Å². The standard InChI is InChI=1S/C29H25N5O5/c1-2-3-14-39-28(37)20-10-6-7-11-22(20)33-34-25-19-9-5-4-8-17(19)15-21(26(25)35)27(36)30-18-12-13-23-24(16-18)32-29(38)31-23/h4-13,15-16,35H,2-3,14H2,1H3,(H,30,36)(H2,31,32,38)/b34-33+. The van der Waals surface area contributed by atoms with Gasteiger partial charge < -0.3 is 25.1 Å². The first-order valence-corrected chi connectivity index (χ1v) is 12.4. The molecule has 0 aliphatic carbocycles. The predicted octanol–water partition coefficient (Wildman–Crippen LogP) is 6.34. The van der Waals surface area contributed by atoms with Gasteiger partial charge in [-0.25, -0.2) is 9.59 Å². The molecule has 4 N–H and O–H groups in total. The number of carbonyl (C=O) groups is 2. The number of H-pyrrole nitrogens is 2. The number of imidazole rings is 1. The first kappa shape index (κ1) is 25.4. The lowest BCUT2D eigenvalue weighted by atomic mass is 10.0. The number of carbonyl (C=O) groups excluding carboxylic acids is 2. The van der Waals surface area contributed by atoms with Gasteiger partial charge in [0, 0.05) is 11.1 Å². The van der Waals surface area contributed by atoms with E-state index in [4.69, 9.17) is 4.74 Å². The molecule has 1 amide bonds. The fourth-order valence-corrected chi connectivity index (χ4v) is 4.12. The second kappa shape index (κ2) is 11.0. The summed E-state index contributed by atoms with van der Waals surface area (Å²) in [5, 5.41) is 23.7. The highest BCUT2D eigenvalue weighted by molar-refractivity contribution is 6.12. The molecule has 0 radical (unpaired) electrons. The highest BCUT2D eigenvalue weighted by Gasteiger charge is 2.19. The van der Waals surface area contributed by atoms with Crippen molar-refractivity contribution in [3.63, 3.8) is 0 Å². The molecular weight excluding hydrogens is 498 g/mol. The number of unbranched alkanes of at least 4 members (excludes halogenated alkanes) is 1. The number of esters is 1. The van der Waals surface area contributed by atoms with Crippen LogP contribution in [0.5, 0.6) is 5.75 Å². The zero-order valence-corrected chi connectivity index (χ0v) is 21.0. The Morgan fingerprint density at radius 1 is 0.923 bits per heavy atom. The Kier molecular flexibility index (Phi) is 7.17. The SMILES string of the molecule is CCCCOC(=O)c1ccccc1/N=N/c1c(O)c(C(=O)Nc2ccc3[nH]c(=O)[nH]c3c2)cc2ccccc12. The van der Waals surface area contributed by atoms with Crippen molar-refractivity contribution in [1.29, 1.82) is 0 Å². The maximum absolute atomic E-state index is 13.2. The average Bonchev–Trinajstić information content (AvgIpc) is 3.31. The zero-order chi connectivity index (χ0) is 27.4. The van der Waals surface area contributed by atoms with Gasteiger partial charge in [-0.3, -0.25) is 4.79 Å². The van der Waals surface area contributed by atoms with Crippen LogP contribution in [0.4, 0.5) is 17.1 Å². The number of nitrogens with one attached hydrogen (secondary N) is 3. The van der Waals surface area contributed by atoms with Crippen molar-refractivity contribution in [2.24, 2.45) is 10.2 Å². The molecule has 1 aromatic heterocycles. The Morgan fingerprint density at radius 2 is 1.69 bits per heavy atom. The third-order valence-electron chi connectivity index (χ3n) is 6.13. The van der Waals surface area contributed by atoms with Crippen LogP contribution in [-0.2, 0) is 4.74 Å². The summed E-state index contributed by atoms with van der Waals surface area (Å²) in [6, 6.07) is 20.2. The van der Waals surface area contributed by atoms with Crippen LogP contribution in [0.3, 0.4) is 0 Å². The minimum atomic E-state index is -0.577. The van der Waals surface area contributed by atoms with E-state index in [1.54, 1.807) is 72.8 Å². The summed E-state index contributed by atoms with van der Waals surface area (Å²) in [4.78, 5) is 42.7. The number of phenols is 1. The van der Waals surface area contributed by atoms with Crippen molar-refractivity contribution in [2.45, 2.75) is 19.8 Å². The maximum atomic E-state index is 13.2. The van der Waals surface area contributed by atoms with E-state index in [0.717, 1.165) is 12.8 Å². The van der Waals surface area contributed by atoms with Crippen molar-refractivity contribution >= 4 is 50.7 Å². The molecule has 0 bridgehead atoms. The van der Waals surface area contributed by atoms with Crippen LogP contribution in [0.1, 0.15) is 40.5 Å². The Bertz CT molecular complexity index is 1790. The molecule has 0 saturated heterocycles. The summed E-state index contributed by atoms with van der Waals surface area (Å²) in [5.41, 5.74) is 1.78. The molecule has 0 spiro atoms. The van der Waals surface area contributed by atoms with E-state index in [-0.39, 0.29) is 33.9 Å². The molecular formula is C29H25N5O5. The van der Waals surface area contributed by atoms with E-state index in [1.165, 1.54) is 0 Å². The summed E-state index contributed by atoms with van der Waals surface area (Å²) in [6.45, 7) is 2.31. The molecule has 5 aromatic rings. The fourth-order valence-electron chi connectivity index (χ4n) is 4.12. The van der Waals surface area contributed by atoms with E-state index in [0.29, 0.717) is 34.1 Å². The zero-order valence-electron chi connectivity index (χ0n) is 21.0. The summed E-state index contributed by atoms with van der Waals surface area (Å²) in [5.74, 6) is -1.46. The second-order valence-electron chi connectivity index (χ2n) is 8.84. The summed E-state index contributed by atoms with van der Waals surface area (Å²) >= 11 is 0. The van der Waals surface area contributed by atoms with Crippen molar-refractivity contribution in [2.75, 3.05) is 11.9 Å². The smallest absolute Gasteiger partial charge is 0.340 e. The minimum absolute atomic E-state index is 0.0161. The number of nitrogens with zero attached hydrogens (tertiary/aromatic N) is 2. The number of aromatic amines is 2. The number of azo groups is 1. The average molecular weight is 524 g/mol. The van der Waals surface area contributed by atoms with Crippen LogP contribution in [0.2, 0.25) is 0 Å². The number of aromatic nitrogens is 2. The molecule has 5 rings (SSSR count). The molecule has 0 unspecified atom stereocenters. The first-order valence-electron chi connectivity index (χ1n) is 12.4. The van der Waals surface area contributed by atoms with E-state index < -0.39 is 11.9 Å². The van der Waals surface area contributed by atoms with Crippen molar-refractivity contribution in [1.82, 2.24) is 9.97 Å². The van der Waals surface area contributed by atoms with Crippen LogP contribution in [0, 0.1) is 0 Å². The lowest BCUT2D eigenvalue weighted by Crippen LogP contribution is -2.12. The molecule has 0 saturated carbocycles. The second-order valence-corrected chi connectivity index (χ2v) is 8.84. The van der Waals surface area contributed by atoms with Crippen molar-refractivity contribution in [3.05, 3.63) is 94.4 Å². The minimum Gasteiger partial charge on any atom is -0.505 e. The van der Waals surface area contributed by atoms with E-state index >= 15 is 0 Å². The summed E-state index contributed by atoms with van der Waals surface area (Å²) in [7, 11) is 0. The number of rotatable bonds is 8. The number of hydrogen-bond donors (Lipinski definition) is 4. The van der Waals surface area contributed by atoms with Gasteiger partial charge in [0.05, 0.1) is 28.8 Å². The lowest BCUT2D eigenvalue weighted by molar-refractivity contribution is 0.0500. The van der Waals surface area contributed by atoms with E-state index in [1.807, 2.05) is 6.92 Å². The molecule has 0 atom stereocenters. The molecule has 0 aliphatic heterocycles. The number of amides is 1. The van der Waals surface area contributed by atoms with Gasteiger partial charge >= 0.3 is 11.7 Å². The predicted molar refractivity (Wildman–Crippen MR) is 148 cm³/mol. The first-order chi connectivity index (χ1) is 18.9. The van der Waals surface area contributed by atoms with Crippen LogP contribution in [0.25, 0.3) is 21.8 Å². The molecule has 1 heterocycles. The number of aromatic hydroxyl groups is 1. The van der Waals surface area contributed by atoms with Gasteiger partial charge in [0.2, 0.25) is 0 Å². The highest BCUT2D eigenvalue weighted by atomic mass is 16.5. The molecule has 39 heavy (non-hydrogen) atoms. The van der Waals surface area contributed by atoms with Gasteiger partial charge in [-0.1, -0.05) is 49.7 Å². The van der Waals surface area contributed by atoms with E-state index in [9.17, 15) is 19.5 Å². The van der Waals surface area contributed by atoms with Crippen LogP contribution in [-0.4, -0.2) is 33.6 Å². The van der Waals surface area contributed by atoms with Gasteiger partial charge in [0.1, 0.15) is 11.4 Å². The van der Waals surface area contributed by atoms with Gasteiger partial charge in [0.15, 0.2) is 5.75 Å². The van der Waals surface area contributed by atoms with Crippen LogP contribution < -0.4 is 11.0 Å². The van der Waals surface area contributed by atoms with E-state index in [2.05, 4.69) is 25.5 Å². The molecule has 4 aromatic carbocycles. The number of benzene rings is 4. The Labute approximate surface area is 222 Å². The Hall–Kier alpha value is -5.25. The largest absolute Gasteiger partial charge is 0.505 e. The van der Waals surface area contributed by atoms with Crippen LogP contribution >= 0.6 is 0 Å². The molecule has 10 nitrogen and oxygen atoms in total. The van der Waals surface area contributed by atoms with Crippen LogP contribution in [0.15, 0.2) is 87.8 Å². The van der Waals surface area contributed by atoms with Gasteiger partial charge in [0.25, 0.3) is 5.91 Å². The normalized spacial score (nSPS) is 11.3. The summed E-state index contributed by atoms with van der Waals surface area (Å²) < 4.78 is 5.33. The quantitative estimate of drug-likeness (QED) is 0.106. The molecule has 10 heteroatoms. The van der Waals surface area contributed by atoms with Gasteiger partial charge in [-0.2, -0.15) is 0 Å². The fraction of sp³-hybridized carbons (Fsp3) is 0.138. The maximum Gasteiger partial charge on any atom is 0.340 e. The summed E-state index contributed by atoms with van der Waals surface area (Å²) in [6.07, 6.45) is 1.65. The Morgan fingerprint density at radius 3 is 2.54 bits per heavy atom. The molecule has 196 valence electrons. The third-order valence-corrected chi connectivity index (χ3v) is 6.13. The number of ether oxygens (including phenoxy) is 1. The topological polar surface area (TPSA) is 149 Å². The number of anilines is 1.